The third-order valence-electron chi connectivity index (χ3n) is 2.57. The Bertz CT molecular complexity index is 311. The molecule has 1 rings (SSSR count). The molecule has 17 heavy (non-hydrogen) atoms. The van der Waals surface area contributed by atoms with Crippen LogP contribution in [0.4, 0.5) is 0 Å². The van der Waals surface area contributed by atoms with Gasteiger partial charge in [0.2, 0.25) is 0 Å². The van der Waals surface area contributed by atoms with Crippen molar-refractivity contribution in [1.82, 2.24) is 0 Å². The summed E-state index contributed by atoms with van der Waals surface area (Å²) >= 11 is 1.87. The molecule has 0 aliphatic heterocycles. The molecule has 0 saturated heterocycles. The maximum atomic E-state index is 5.46. The predicted molar refractivity (Wildman–Crippen MR) is 77.0 cm³/mol. The van der Waals surface area contributed by atoms with E-state index in [2.05, 4.69) is 52.0 Å². The number of hydrogen-bond donors (Lipinski definition) is 0. The molecule has 0 aliphatic carbocycles. The Morgan fingerprint density at radius 3 is 2.24 bits per heavy atom. The summed E-state index contributed by atoms with van der Waals surface area (Å²) in [6.07, 6.45) is 1.10. The van der Waals surface area contributed by atoms with E-state index in [1.54, 1.807) is 0 Å². The minimum atomic E-state index is 0.243. The van der Waals surface area contributed by atoms with Gasteiger partial charge in [0.15, 0.2) is 0 Å². The van der Waals surface area contributed by atoms with Gasteiger partial charge in [-0.1, -0.05) is 39.8 Å². The first-order valence-corrected chi connectivity index (χ1v) is 7.33. The van der Waals surface area contributed by atoms with Gasteiger partial charge >= 0.3 is 0 Å². The van der Waals surface area contributed by atoms with Gasteiger partial charge in [0, 0.05) is 17.3 Å². The highest BCUT2D eigenvalue weighted by atomic mass is 32.2. The highest BCUT2D eigenvalue weighted by molar-refractivity contribution is 7.99. The molecule has 0 heterocycles. The Morgan fingerprint density at radius 2 is 1.71 bits per heavy atom. The lowest BCUT2D eigenvalue weighted by Crippen LogP contribution is -2.10. The topological polar surface area (TPSA) is 9.23 Å². The third kappa shape index (κ3) is 5.60. The van der Waals surface area contributed by atoms with E-state index >= 15 is 0 Å². The van der Waals surface area contributed by atoms with Crippen LogP contribution in [0, 0.1) is 0 Å². The number of ether oxygens (including phenoxy) is 1. The van der Waals surface area contributed by atoms with Crippen LogP contribution in [0.1, 0.15) is 39.7 Å². The molecule has 1 nitrogen and oxygen atoms in total. The average molecular weight is 252 g/mol. The molecule has 1 aromatic rings. The largest absolute Gasteiger partial charge is 0.381 e. The maximum absolute atomic E-state index is 5.46. The van der Waals surface area contributed by atoms with Gasteiger partial charge in [0.1, 0.15) is 0 Å². The van der Waals surface area contributed by atoms with Crippen molar-refractivity contribution in [3.8, 4) is 0 Å². The molecule has 0 unspecified atom stereocenters. The van der Waals surface area contributed by atoms with Crippen LogP contribution in [0.2, 0.25) is 0 Å². The van der Waals surface area contributed by atoms with Gasteiger partial charge in [-0.3, -0.25) is 0 Å². The molecule has 0 N–H and O–H groups in total. The van der Waals surface area contributed by atoms with E-state index < -0.39 is 0 Å². The van der Waals surface area contributed by atoms with E-state index in [1.807, 2.05) is 11.8 Å². The molecule has 2 heteroatoms. The van der Waals surface area contributed by atoms with Crippen molar-refractivity contribution < 1.29 is 4.74 Å². The second-order valence-corrected chi connectivity index (χ2v) is 6.40. The van der Waals surface area contributed by atoms with Gasteiger partial charge in [-0.25, -0.2) is 0 Å². The second kappa shape index (κ2) is 7.07. The highest BCUT2D eigenvalue weighted by Crippen LogP contribution is 2.25. The molecule has 96 valence electrons. The quantitative estimate of drug-likeness (QED) is 0.544. The fraction of sp³-hybridized carbons (Fsp3) is 0.600. The van der Waals surface area contributed by atoms with E-state index in [0.717, 1.165) is 25.4 Å². The van der Waals surface area contributed by atoms with Crippen LogP contribution in [-0.4, -0.2) is 19.0 Å². The SMILES string of the molecule is CCCOCCSc1ccc(C(C)(C)C)cc1. The maximum Gasteiger partial charge on any atom is 0.0560 e. The Kier molecular flexibility index (Phi) is 6.07. The zero-order valence-corrected chi connectivity index (χ0v) is 12.3. The number of hydrogen-bond acceptors (Lipinski definition) is 2. The predicted octanol–water partition coefficient (Wildman–Crippen LogP) is 4.50. The average Bonchev–Trinajstić information content (AvgIpc) is 2.28. The van der Waals surface area contributed by atoms with Gasteiger partial charge in [0.05, 0.1) is 6.61 Å². The third-order valence-corrected chi connectivity index (χ3v) is 3.54. The molecule has 0 aromatic heterocycles. The normalized spacial score (nSPS) is 11.8. The van der Waals surface area contributed by atoms with Gasteiger partial charge in [-0.05, 0) is 29.5 Å². The number of rotatable bonds is 6. The Labute approximate surface area is 110 Å². The van der Waals surface area contributed by atoms with Crippen LogP contribution in [0.15, 0.2) is 29.2 Å². The molecule has 0 fully saturated rings. The Morgan fingerprint density at radius 1 is 1.06 bits per heavy atom. The molecule has 0 radical (unpaired) electrons. The summed E-state index contributed by atoms with van der Waals surface area (Å²) in [6.45, 7) is 10.6. The van der Waals surface area contributed by atoms with Gasteiger partial charge in [0.25, 0.3) is 0 Å². The first-order chi connectivity index (χ1) is 8.04. The zero-order chi connectivity index (χ0) is 12.7. The van der Waals surface area contributed by atoms with Crippen LogP contribution < -0.4 is 0 Å². The van der Waals surface area contributed by atoms with Crippen molar-refractivity contribution in [1.29, 1.82) is 0 Å². The standard InChI is InChI=1S/C15H24OS/c1-5-10-16-11-12-17-14-8-6-13(7-9-14)15(2,3)4/h6-9H,5,10-12H2,1-4H3. The number of thioether (sulfide) groups is 1. The van der Waals surface area contributed by atoms with Crippen molar-refractivity contribution in [3.63, 3.8) is 0 Å². The summed E-state index contributed by atoms with van der Waals surface area (Å²) in [5.41, 5.74) is 1.64. The molecular formula is C15H24OS. The summed E-state index contributed by atoms with van der Waals surface area (Å²) in [4.78, 5) is 1.33. The van der Waals surface area contributed by atoms with Crippen LogP contribution in [-0.2, 0) is 10.2 Å². The van der Waals surface area contributed by atoms with Crippen molar-refractivity contribution >= 4 is 11.8 Å². The van der Waals surface area contributed by atoms with Gasteiger partial charge in [-0.15, -0.1) is 11.8 Å². The Balaban J connectivity index is 2.36. The van der Waals surface area contributed by atoms with Crippen molar-refractivity contribution in [2.24, 2.45) is 0 Å². The fourth-order valence-corrected chi connectivity index (χ4v) is 2.28. The summed E-state index contributed by atoms with van der Waals surface area (Å²) in [5.74, 6) is 1.04. The van der Waals surface area contributed by atoms with E-state index in [1.165, 1.54) is 10.5 Å². The van der Waals surface area contributed by atoms with Gasteiger partial charge in [-0.2, -0.15) is 0 Å². The minimum absolute atomic E-state index is 0.243. The first-order valence-electron chi connectivity index (χ1n) is 6.35. The molecule has 0 bridgehead atoms. The summed E-state index contributed by atoms with van der Waals surface area (Å²) in [7, 11) is 0. The van der Waals surface area contributed by atoms with Crippen LogP contribution in [0.5, 0.6) is 0 Å². The van der Waals surface area contributed by atoms with Crippen molar-refractivity contribution in [2.75, 3.05) is 19.0 Å². The van der Waals surface area contributed by atoms with Crippen molar-refractivity contribution in [2.45, 2.75) is 44.4 Å². The lowest BCUT2D eigenvalue weighted by Gasteiger charge is -2.19. The highest BCUT2D eigenvalue weighted by Gasteiger charge is 2.12. The lowest BCUT2D eigenvalue weighted by molar-refractivity contribution is 0.151. The molecule has 0 saturated carbocycles. The van der Waals surface area contributed by atoms with E-state index in [9.17, 15) is 0 Å². The number of benzene rings is 1. The lowest BCUT2D eigenvalue weighted by atomic mass is 9.87. The van der Waals surface area contributed by atoms with E-state index in [4.69, 9.17) is 4.74 Å². The summed E-state index contributed by atoms with van der Waals surface area (Å²) < 4.78 is 5.46. The fourth-order valence-electron chi connectivity index (χ4n) is 1.52. The zero-order valence-electron chi connectivity index (χ0n) is 11.5. The molecule has 0 aliphatic rings. The molecular weight excluding hydrogens is 228 g/mol. The Hall–Kier alpha value is -0.470. The second-order valence-electron chi connectivity index (χ2n) is 5.24. The summed E-state index contributed by atoms with van der Waals surface area (Å²) in [6, 6.07) is 8.89. The molecule has 1 aromatic carbocycles. The van der Waals surface area contributed by atoms with Crippen LogP contribution in [0.3, 0.4) is 0 Å². The molecule has 0 amide bonds. The monoisotopic (exact) mass is 252 g/mol. The van der Waals surface area contributed by atoms with Gasteiger partial charge < -0.3 is 4.74 Å². The van der Waals surface area contributed by atoms with Crippen LogP contribution in [0.25, 0.3) is 0 Å². The molecule has 0 atom stereocenters. The first kappa shape index (κ1) is 14.6. The van der Waals surface area contributed by atoms with Crippen molar-refractivity contribution in [3.05, 3.63) is 29.8 Å². The minimum Gasteiger partial charge on any atom is -0.381 e. The molecule has 0 spiro atoms. The smallest absolute Gasteiger partial charge is 0.0560 e. The van der Waals surface area contributed by atoms with E-state index in [0.29, 0.717) is 0 Å². The summed E-state index contributed by atoms with van der Waals surface area (Å²) in [5, 5.41) is 0. The van der Waals surface area contributed by atoms with E-state index in [-0.39, 0.29) is 5.41 Å². The van der Waals surface area contributed by atoms with Crippen LogP contribution >= 0.6 is 11.8 Å².